The van der Waals surface area contributed by atoms with Gasteiger partial charge in [0.1, 0.15) is 0 Å². The first kappa shape index (κ1) is 17.2. The Labute approximate surface area is 138 Å². The van der Waals surface area contributed by atoms with Crippen LogP contribution < -0.4 is 0 Å². The first-order chi connectivity index (χ1) is 10.4. The summed E-state index contributed by atoms with van der Waals surface area (Å²) in [4.78, 5) is 0. The molecule has 2 rings (SSSR count). The van der Waals surface area contributed by atoms with Gasteiger partial charge in [0.05, 0.1) is 0 Å². The van der Waals surface area contributed by atoms with Crippen LogP contribution in [0.15, 0.2) is 42.5 Å². The van der Waals surface area contributed by atoms with E-state index in [0.717, 1.165) is 22.4 Å². The van der Waals surface area contributed by atoms with Gasteiger partial charge in [-0.15, -0.1) is 0 Å². The topological polar surface area (TPSA) is 0 Å². The molecule has 0 heterocycles. The van der Waals surface area contributed by atoms with Gasteiger partial charge in [-0.3, -0.25) is 0 Å². The number of halogens is 2. The van der Waals surface area contributed by atoms with Gasteiger partial charge in [-0.1, -0.05) is 0 Å². The molecule has 0 atom stereocenters. The molecule has 0 aromatic heterocycles. The number of hydrogen-bond acceptors (Lipinski definition) is 0. The molecular weight excluding hydrogens is 341 g/mol. The van der Waals surface area contributed by atoms with Gasteiger partial charge in [-0.05, 0) is 0 Å². The fourth-order valence-electron chi connectivity index (χ4n) is 2.22. The molecule has 0 N–H and O–H groups in total. The molecule has 117 valence electrons. The molecule has 22 heavy (non-hydrogen) atoms. The van der Waals surface area contributed by atoms with Gasteiger partial charge < -0.3 is 0 Å². The monoisotopic (exact) mass is 363 g/mol. The van der Waals surface area contributed by atoms with Crippen molar-refractivity contribution in [3.63, 3.8) is 0 Å². The maximum atomic E-state index is 13.1. The van der Waals surface area contributed by atoms with Crippen molar-refractivity contribution in [2.75, 3.05) is 0 Å². The molecule has 0 aliphatic carbocycles. The average Bonchev–Trinajstić information content (AvgIpc) is 2.47. The minimum atomic E-state index is -0.768. The Balaban J connectivity index is 1.80. The molecule has 0 aliphatic rings. The van der Waals surface area contributed by atoms with Gasteiger partial charge in [0.2, 0.25) is 0 Å². The van der Waals surface area contributed by atoms with E-state index in [0.29, 0.717) is 0 Å². The van der Waals surface area contributed by atoms with E-state index >= 15 is 0 Å². The summed E-state index contributed by atoms with van der Waals surface area (Å²) in [6.45, 7) is 6.65. The van der Waals surface area contributed by atoms with Crippen LogP contribution in [-0.4, -0.2) is 15.8 Å². The number of hydrogen-bond donors (Lipinski definition) is 0. The van der Waals surface area contributed by atoms with Gasteiger partial charge in [-0.25, -0.2) is 0 Å². The Kier molecular flexibility index (Phi) is 5.80. The van der Waals surface area contributed by atoms with Crippen molar-refractivity contribution in [1.29, 1.82) is 0 Å². The summed E-state index contributed by atoms with van der Waals surface area (Å²) in [6, 6.07) is 13.1. The Morgan fingerprint density at radius 1 is 0.864 bits per heavy atom. The summed E-state index contributed by atoms with van der Waals surface area (Å²) in [6.07, 6.45) is 0.831. The predicted octanol–water partition coefficient (Wildman–Crippen LogP) is 5.13. The van der Waals surface area contributed by atoms with Crippen molar-refractivity contribution in [1.82, 2.24) is 0 Å². The van der Waals surface area contributed by atoms with Gasteiger partial charge in [0, 0.05) is 0 Å². The van der Waals surface area contributed by atoms with E-state index in [9.17, 15) is 8.78 Å². The molecule has 1 radical (unpaired) electrons. The summed E-state index contributed by atoms with van der Waals surface area (Å²) < 4.78 is 26.0. The molecule has 0 aliphatic heterocycles. The third kappa shape index (κ3) is 4.95. The second-order valence-corrected chi connectivity index (χ2v) is 9.09. The normalized spacial score (nSPS) is 12.2. The fraction of sp³-hybridized carbons (Fsp3) is 0.368. The van der Waals surface area contributed by atoms with Crippen molar-refractivity contribution in [2.24, 2.45) is 0 Å². The zero-order chi connectivity index (χ0) is 16.2. The van der Waals surface area contributed by atoms with Crippen molar-refractivity contribution in [3.05, 3.63) is 70.8 Å². The van der Waals surface area contributed by atoms with E-state index in [1.165, 1.54) is 23.3 Å². The molecule has 2 aromatic carbocycles. The van der Waals surface area contributed by atoms with Crippen LogP contribution in [0.25, 0.3) is 0 Å². The molecule has 2 aromatic rings. The maximum absolute atomic E-state index is 13.1. The van der Waals surface area contributed by atoms with Gasteiger partial charge >= 0.3 is 138 Å². The first-order valence-electron chi connectivity index (χ1n) is 7.53. The first-order valence-corrected chi connectivity index (χ1v) is 10.2. The molecule has 3 heteroatoms. The van der Waals surface area contributed by atoms with Gasteiger partial charge in [-0.2, -0.15) is 0 Å². The van der Waals surface area contributed by atoms with E-state index in [1.54, 1.807) is 6.07 Å². The number of aryl methyl sites for hydroxylation is 1. The Hall–Kier alpha value is -1.14. The van der Waals surface area contributed by atoms with Crippen LogP contribution in [0.4, 0.5) is 8.78 Å². The fourth-order valence-corrected chi connectivity index (χ4v) is 4.41. The molecular formula is C19H22AsF2. The summed E-state index contributed by atoms with van der Waals surface area (Å²) >= 11 is 0.196. The Morgan fingerprint density at radius 2 is 1.50 bits per heavy atom. The summed E-state index contributed by atoms with van der Waals surface area (Å²) in [5, 5.41) is 2.19. The summed E-state index contributed by atoms with van der Waals surface area (Å²) in [7, 11) is 0. The van der Waals surface area contributed by atoms with E-state index in [4.69, 9.17) is 0 Å². The van der Waals surface area contributed by atoms with Crippen LogP contribution in [0.3, 0.4) is 0 Å². The molecule has 0 nitrogen and oxygen atoms in total. The van der Waals surface area contributed by atoms with Crippen molar-refractivity contribution >= 4 is 15.8 Å². The molecule has 0 fully saturated rings. The van der Waals surface area contributed by atoms with Crippen LogP contribution in [0.5, 0.6) is 0 Å². The van der Waals surface area contributed by atoms with Gasteiger partial charge in [0.15, 0.2) is 0 Å². The SMILES string of the molecule is CC(C)(C)c1ccc(C[As]CCc2ccc(F)c(F)c2)cc1. The van der Waals surface area contributed by atoms with Gasteiger partial charge in [0.25, 0.3) is 0 Å². The second-order valence-electron chi connectivity index (χ2n) is 6.55. The number of benzene rings is 2. The molecule has 0 bridgehead atoms. The van der Waals surface area contributed by atoms with Crippen LogP contribution in [-0.2, 0) is 17.0 Å². The van der Waals surface area contributed by atoms with E-state index in [1.807, 2.05) is 0 Å². The van der Waals surface area contributed by atoms with Crippen molar-refractivity contribution in [2.45, 2.75) is 43.0 Å². The van der Waals surface area contributed by atoms with Crippen LogP contribution in [0.1, 0.15) is 37.5 Å². The summed E-state index contributed by atoms with van der Waals surface area (Å²) in [5.74, 6) is -1.51. The predicted molar refractivity (Wildman–Crippen MR) is 89.5 cm³/mol. The summed E-state index contributed by atoms with van der Waals surface area (Å²) in [5.41, 5.74) is 3.81. The van der Waals surface area contributed by atoms with E-state index < -0.39 is 11.6 Å². The molecule has 0 amide bonds. The molecule has 0 saturated heterocycles. The zero-order valence-electron chi connectivity index (χ0n) is 13.4. The second kappa shape index (κ2) is 7.42. The third-order valence-electron chi connectivity index (χ3n) is 3.66. The minimum absolute atomic E-state index is 0.193. The Bertz CT molecular complexity index is 612. The molecule has 0 saturated carbocycles. The van der Waals surface area contributed by atoms with Crippen LogP contribution in [0.2, 0.25) is 5.21 Å². The van der Waals surface area contributed by atoms with Crippen LogP contribution >= 0.6 is 0 Å². The standard InChI is InChI=1S/C19H22AsF2/c1-19(2,3)16-7-4-15(5-8-16)13-20-11-10-14-6-9-17(21)18(22)12-14/h4-9,12H,10-11,13H2,1-3H3. The van der Waals surface area contributed by atoms with Crippen LogP contribution in [0, 0.1) is 11.6 Å². The molecule has 0 spiro atoms. The van der Waals surface area contributed by atoms with Crippen molar-refractivity contribution < 1.29 is 8.78 Å². The number of rotatable bonds is 5. The van der Waals surface area contributed by atoms with E-state index in [-0.39, 0.29) is 21.2 Å². The quantitative estimate of drug-likeness (QED) is 0.511. The zero-order valence-corrected chi connectivity index (χ0v) is 15.2. The Morgan fingerprint density at radius 3 is 2.09 bits per heavy atom. The average molecular weight is 363 g/mol. The van der Waals surface area contributed by atoms with Crippen molar-refractivity contribution in [3.8, 4) is 0 Å². The third-order valence-corrected chi connectivity index (χ3v) is 6.02. The van der Waals surface area contributed by atoms with E-state index in [2.05, 4.69) is 45.0 Å². The molecule has 0 unspecified atom stereocenters.